The largest absolute Gasteiger partial charge is 0.382 e. The van der Waals surface area contributed by atoms with Crippen molar-refractivity contribution >= 4 is 23.5 Å². The predicted molar refractivity (Wildman–Crippen MR) is 169 cm³/mol. The van der Waals surface area contributed by atoms with E-state index in [1.807, 2.05) is 35.4 Å². The van der Waals surface area contributed by atoms with Crippen LogP contribution in [0.5, 0.6) is 0 Å². The van der Waals surface area contributed by atoms with Crippen molar-refractivity contribution in [1.82, 2.24) is 19.8 Å². The van der Waals surface area contributed by atoms with Crippen LogP contribution >= 0.6 is 0 Å². The summed E-state index contributed by atoms with van der Waals surface area (Å²) in [5.74, 6) is 0.564. The second kappa shape index (κ2) is 11.7. The molecule has 3 fully saturated rings. The number of pyridine rings is 2. The van der Waals surface area contributed by atoms with Crippen LogP contribution in [-0.4, -0.2) is 96.8 Å². The van der Waals surface area contributed by atoms with E-state index in [0.29, 0.717) is 56.5 Å². The van der Waals surface area contributed by atoms with Crippen LogP contribution in [0.1, 0.15) is 66.8 Å². The van der Waals surface area contributed by atoms with Crippen molar-refractivity contribution in [1.29, 1.82) is 0 Å². The smallest absolute Gasteiger partial charge is 0.281 e. The molecule has 4 unspecified atom stereocenters. The fourth-order valence-electron chi connectivity index (χ4n) is 8.40. The van der Waals surface area contributed by atoms with E-state index in [2.05, 4.69) is 45.1 Å². The Labute approximate surface area is 263 Å². The number of hydrogen-bond donors (Lipinski definition) is 0. The molecule has 1 amide bonds. The number of piperazine rings is 1. The maximum Gasteiger partial charge on any atom is 0.281 e. The first-order chi connectivity index (χ1) is 21.7. The van der Waals surface area contributed by atoms with Gasteiger partial charge in [0.1, 0.15) is 17.6 Å². The van der Waals surface area contributed by atoms with Gasteiger partial charge in [-0.25, -0.2) is 13.8 Å². The lowest BCUT2D eigenvalue weighted by molar-refractivity contribution is -0.128. The lowest BCUT2D eigenvalue weighted by Gasteiger charge is -2.55. The molecule has 7 rings (SSSR count). The highest BCUT2D eigenvalue weighted by atomic mass is 19.3. The summed E-state index contributed by atoms with van der Waals surface area (Å²) < 4.78 is 41.4. The van der Waals surface area contributed by atoms with Gasteiger partial charge in [-0.3, -0.25) is 14.7 Å². The van der Waals surface area contributed by atoms with E-state index in [0.717, 1.165) is 48.6 Å². The average molecular weight is 621 g/mol. The van der Waals surface area contributed by atoms with Crippen molar-refractivity contribution in [2.75, 3.05) is 62.8 Å². The number of methoxy groups -OCH3 is 1. The second-order valence-corrected chi connectivity index (χ2v) is 13.0. The van der Waals surface area contributed by atoms with Gasteiger partial charge in [-0.1, -0.05) is 18.7 Å². The lowest BCUT2D eigenvalue weighted by Crippen LogP contribution is -2.69. The van der Waals surface area contributed by atoms with Crippen LogP contribution < -0.4 is 9.80 Å². The Kier molecular flexibility index (Phi) is 7.90. The predicted octanol–water partition coefficient (Wildman–Crippen LogP) is 4.63. The number of hydrogen-bond acceptors (Lipinski definition) is 8. The molecule has 0 aliphatic carbocycles. The first-order valence-corrected chi connectivity index (χ1v) is 16.1. The fourth-order valence-corrected chi connectivity index (χ4v) is 8.40. The zero-order valence-electron chi connectivity index (χ0n) is 26.3. The quantitative estimate of drug-likeness (QED) is 0.433. The number of carbonyl (C=O) groups is 1. The summed E-state index contributed by atoms with van der Waals surface area (Å²) in [5, 5.41) is 0. The Morgan fingerprint density at radius 1 is 1.22 bits per heavy atom. The minimum atomic E-state index is -2.69. The molecule has 0 bridgehead atoms. The minimum absolute atomic E-state index is 0.000554. The molecule has 0 saturated carbocycles. The number of fused-ring (bicyclic) bond motifs is 5. The van der Waals surface area contributed by atoms with Gasteiger partial charge >= 0.3 is 0 Å². The van der Waals surface area contributed by atoms with Crippen molar-refractivity contribution in [3.8, 4) is 0 Å². The third-order valence-corrected chi connectivity index (χ3v) is 10.6. The van der Waals surface area contributed by atoms with E-state index < -0.39 is 12.0 Å². The highest BCUT2D eigenvalue weighted by molar-refractivity contribution is 5.87. The molecule has 9 nitrogen and oxygen atoms in total. The lowest BCUT2D eigenvalue weighted by atomic mass is 9.79. The number of aryl methyl sites for hydroxylation is 1. The number of halogens is 2. The van der Waals surface area contributed by atoms with Gasteiger partial charge in [0.2, 0.25) is 5.91 Å². The summed E-state index contributed by atoms with van der Waals surface area (Å²) in [5.41, 5.74) is 3.95. The molecule has 0 N–H and O–H groups in total. The zero-order chi connectivity index (χ0) is 31.5. The van der Waals surface area contributed by atoms with Crippen LogP contribution in [0.4, 0.5) is 20.3 Å². The van der Waals surface area contributed by atoms with Crippen molar-refractivity contribution in [3.05, 3.63) is 65.1 Å². The van der Waals surface area contributed by atoms with E-state index >= 15 is 0 Å². The molecule has 5 aliphatic heterocycles. The summed E-state index contributed by atoms with van der Waals surface area (Å²) in [6, 6.07) is 4.55. The molecule has 5 aliphatic rings. The molecule has 1 spiro atoms. The average Bonchev–Trinajstić information content (AvgIpc) is 3.23. The summed E-state index contributed by atoms with van der Waals surface area (Å²) in [7, 11) is 1.67. The zero-order valence-corrected chi connectivity index (χ0v) is 26.3. The standard InChI is InChI=1S/C34H42F2N6O3/c1-5-29(43)40-15-13-39(14-16-40)26-19-42-24(26)8-6-7-23-25(42)17-28(38-31(23)33(35)36)41-12-10-34(18-22(41)3)30-21(2)9-11-37-32(30)27(45-34)20-44-4/h5-7,9,11,17,22,24,26-27,33H,1,8,10,12-16,18-20H2,2-4H3/t22-,24?,26?,27?,34?/m1/s1. The SMILES string of the molecule is C=CC(=O)N1CCN(C2CN3c4cc(N5CCC6(C[C@H]5C)OC(COC)c5nccc(C)c56)nc(C(F)F)c4C=CCC23)CC1. The molecule has 0 aromatic carbocycles. The molecule has 45 heavy (non-hydrogen) atoms. The van der Waals surface area contributed by atoms with Crippen LogP contribution in [0, 0.1) is 6.92 Å². The molecule has 11 heteroatoms. The molecule has 2 aromatic heterocycles. The number of carbonyl (C=O) groups excluding carboxylic acids is 1. The number of ether oxygens (including phenoxy) is 2. The van der Waals surface area contributed by atoms with Gasteiger partial charge in [-0.05, 0) is 44.4 Å². The van der Waals surface area contributed by atoms with E-state index in [1.165, 1.54) is 6.08 Å². The molecule has 7 heterocycles. The number of anilines is 2. The monoisotopic (exact) mass is 620 g/mol. The van der Waals surface area contributed by atoms with Crippen molar-refractivity contribution < 1.29 is 23.0 Å². The Balaban J connectivity index is 1.14. The summed E-state index contributed by atoms with van der Waals surface area (Å²) >= 11 is 0. The second-order valence-electron chi connectivity index (χ2n) is 13.0. The summed E-state index contributed by atoms with van der Waals surface area (Å²) in [6.07, 6.45) is 6.33. The minimum Gasteiger partial charge on any atom is -0.382 e. The first kappa shape index (κ1) is 30.3. The van der Waals surface area contributed by atoms with Gasteiger partial charge in [0, 0.05) is 94.3 Å². The van der Waals surface area contributed by atoms with Crippen LogP contribution in [0.3, 0.4) is 0 Å². The van der Waals surface area contributed by atoms with Crippen molar-refractivity contribution in [2.45, 2.75) is 69.4 Å². The molecule has 2 aromatic rings. The van der Waals surface area contributed by atoms with E-state index in [1.54, 1.807) is 7.11 Å². The van der Waals surface area contributed by atoms with Crippen LogP contribution in [0.25, 0.3) is 6.08 Å². The summed E-state index contributed by atoms with van der Waals surface area (Å²) in [4.78, 5) is 30.1. The molecule has 240 valence electrons. The molecule has 0 radical (unpaired) electrons. The molecular weight excluding hydrogens is 578 g/mol. The van der Waals surface area contributed by atoms with Gasteiger partial charge in [0.25, 0.3) is 6.43 Å². The highest BCUT2D eigenvalue weighted by Crippen LogP contribution is 2.52. The number of alkyl halides is 2. The van der Waals surface area contributed by atoms with Gasteiger partial charge in [0.05, 0.1) is 23.6 Å². The van der Waals surface area contributed by atoms with Gasteiger partial charge < -0.3 is 24.2 Å². The Morgan fingerprint density at radius 2 is 2.02 bits per heavy atom. The number of amides is 1. The van der Waals surface area contributed by atoms with E-state index in [-0.39, 0.29) is 29.8 Å². The van der Waals surface area contributed by atoms with Gasteiger partial charge in [-0.2, -0.15) is 0 Å². The summed E-state index contributed by atoms with van der Waals surface area (Å²) in [6.45, 7) is 12.6. The Hall–Kier alpha value is -3.41. The first-order valence-electron chi connectivity index (χ1n) is 16.1. The molecular formula is C34H42F2N6O3. The topological polar surface area (TPSA) is 74.3 Å². The molecule has 3 saturated heterocycles. The number of nitrogens with zero attached hydrogens (tertiary/aromatic N) is 6. The van der Waals surface area contributed by atoms with Crippen LogP contribution in [-0.2, 0) is 19.9 Å². The number of rotatable bonds is 6. The van der Waals surface area contributed by atoms with Crippen LogP contribution in [0.2, 0.25) is 0 Å². The van der Waals surface area contributed by atoms with E-state index in [9.17, 15) is 13.6 Å². The Morgan fingerprint density at radius 3 is 2.73 bits per heavy atom. The Bertz CT molecular complexity index is 1510. The fraction of sp³-hybridized carbons (Fsp3) is 0.559. The number of piperidine rings is 1. The maximum absolute atomic E-state index is 14.6. The van der Waals surface area contributed by atoms with E-state index in [4.69, 9.17) is 9.47 Å². The number of aromatic nitrogens is 2. The van der Waals surface area contributed by atoms with Crippen LogP contribution in [0.15, 0.2) is 37.1 Å². The molecule has 5 atom stereocenters. The normalized spacial score (nSPS) is 29.3. The van der Waals surface area contributed by atoms with Gasteiger partial charge in [0.15, 0.2) is 0 Å². The maximum atomic E-state index is 14.6. The highest BCUT2D eigenvalue weighted by Gasteiger charge is 2.51. The third kappa shape index (κ3) is 5.03. The third-order valence-electron chi connectivity index (χ3n) is 10.6. The van der Waals surface area contributed by atoms with Crippen molar-refractivity contribution in [2.24, 2.45) is 0 Å². The van der Waals surface area contributed by atoms with Crippen molar-refractivity contribution in [3.63, 3.8) is 0 Å². The van der Waals surface area contributed by atoms with Gasteiger partial charge in [-0.15, -0.1) is 0 Å².